The Kier molecular flexibility index (Phi) is 3.81. The Morgan fingerprint density at radius 1 is 1.50 bits per heavy atom. The third-order valence-electron chi connectivity index (χ3n) is 3.12. The normalized spacial score (nSPS) is 16.1. The summed E-state index contributed by atoms with van der Waals surface area (Å²) in [6.45, 7) is 0.415. The van der Waals surface area contributed by atoms with Crippen molar-refractivity contribution in [2.75, 3.05) is 19.8 Å². The van der Waals surface area contributed by atoms with Crippen molar-refractivity contribution in [2.24, 2.45) is 5.41 Å². The van der Waals surface area contributed by atoms with E-state index < -0.39 is 5.82 Å². The molecule has 1 aromatic carbocycles. The van der Waals surface area contributed by atoms with Gasteiger partial charge in [0.05, 0.1) is 6.61 Å². The van der Waals surface area contributed by atoms with Crippen LogP contribution in [0, 0.1) is 11.2 Å². The Bertz CT molecular complexity index is 432. The molecule has 1 aliphatic carbocycles. The second kappa shape index (κ2) is 5.35. The lowest BCUT2D eigenvalue weighted by Gasteiger charge is -2.13. The van der Waals surface area contributed by atoms with E-state index in [1.807, 2.05) is 0 Å². The number of aliphatic hydroxyl groups is 1. The average molecular weight is 253 g/mol. The molecule has 4 nitrogen and oxygen atoms in total. The van der Waals surface area contributed by atoms with E-state index >= 15 is 0 Å². The number of aliphatic hydroxyl groups excluding tert-OH is 1. The van der Waals surface area contributed by atoms with Crippen LogP contribution in [-0.4, -0.2) is 30.8 Å². The zero-order valence-electron chi connectivity index (χ0n) is 9.99. The Morgan fingerprint density at radius 2 is 2.28 bits per heavy atom. The molecule has 2 rings (SSSR count). The number of carbonyl (C=O) groups is 1. The van der Waals surface area contributed by atoms with Gasteiger partial charge in [-0.15, -0.1) is 0 Å². The monoisotopic (exact) mass is 253 g/mol. The van der Waals surface area contributed by atoms with Crippen molar-refractivity contribution in [1.82, 2.24) is 5.32 Å². The Balaban J connectivity index is 1.72. The first-order valence-corrected chi connectivity index (χ1v) is 5.89. The summed E-state index contributed by atoms with van der Waals surface area (Å²) >= 11 is 0. The fourth-order valence-corrected chi connectivity index (χ4v) is 1.61. The van der Waals surface area contributed by atoms with Gasteiger partial charge < -0.3 is 15.2 Å². The number of rotatable bonds is 6. The zero-order chi connectivity index (χ0) is 13.0. The second-order valence-electron chi connectivity index (χ2n) is 4.68. The molecule has 0 saturated heterocycles. The lowest BCUT2D eigenvalue weighted by molar-refractivity contribution is -0.123. The van der Waals surface area contributed by atoms with Crippen molar-refractivity contribution in [3.8, 4) is 5.75 Å². The maximum atomic E-state index is 12.8. The van der Waals surface area contributed by atoms with Gasteiger partial charge in [0.25, 0.3) is 5.91 Å². The van der Waals surface area contributed by atoms with E-state index in [1.54, 1.807) is 6.07 Å². The smallest absolute Gasteiger partial charge is 0.257 e. The first kappa shape index (κ1) is 12.8. The minimum Gasteiger partial charge on any atom is -0.484 e. The van der Waals surface area contributed by atoms with Crippen molar-refractivity contribution in [3.63, 3.8) is 0 Å². The number of carbonyl (C=O) groups excluding carboxylic acids is 1. The first-order valence-electron chi connectivity index (χ1n) is 5.89. The number of amides is 1. The molecule has 1 aromatic rings. The molecular weight excluding hydrogens is 237 g/mol. The van der Waals surface area contributed by atoms with E-state index in [0.717, 1.165) is 12.8 Å². The van der Waals surface area contributed by atoms with E-state index in [9.17, 15) is 9.18 Å². The topological polar surface area (TPSA) is 58.6 Å². The summed E-state index contributed by atoms with van der Waals surface area (Å²) in [5, 5.41) is 11.8. The summed E-state index contributed by atoms with van der Waals surface area (Å²) in [6.07, 6.45) is 1.88. The van der Waals surface area contributed by atoms with E-state index in [4.69, 9.17) is 9.84 Å². The highest BCUT2D eigenvalue weighted by Gasteiger charge is 2.42. The zero-order valence-corrected chi connectivity index (χ0v) is 9.99. The molecule has 1 aliphatic rings. The molecule has 2 N–H and O–H groups in total. The fourth-order valence-electron chi connectivity index (χ4n) is 1.61. The van der Waals surface area contributed by atoms with Crippen LogP contribution in [0.5, 0.6) is 5.75 Å². The molecule has 0 aliphatic heterocycles. The van der Waals surface area contributed by atoms with E-state index in [-0.39, 0.29) is 24.5 Å². The van der Waals surface area contributed by atoms with E-state index in [2.05, 4.69) is 5.32 Å². The summed E-state index contributed by atoms with van der Waals surface area (Å²) in [6, 6.07) is 5.65. The minimum atomic E-state index is -0.398. The van der Waals surface area contributed by atoms with Gasteiger partial charge in [-0.25, -0.2) is 4.39 Å². The molecule has 0 heterocycles. The minimum absolute atomic E-state index is 0.0953. The fraction of sp³-hybridized carbons (Fsp3) is 0.462. The predicted molar refractivity (Wildman–Crippen MR) is 63.7 cm³/mol. The van der Waals surface area contributed by atoms with Gasteiger partial charge in [-0.2, -0.15) is 0 Å². The molecule has 0 bridgehead atoms. The Labute approximate surface area is 105 Å². The quantitative estimate of drug-likeness (QED) is 0.798. The van der Waals surface area contributed by atoms with Gasteiger partial charge in [-0.3, -0.25) is 4.79 Å². The third kappa shape index (κ3) is 3.43. The molecule has 0 aromatic heterocycles. The van der Waals surface area contributed by atoms with Crippen LogP contribution in [0.2, 0.25) is 0 Å². The maximum Gasteiger partial charge on any atom is 0.257 e. The predicted octanol–water partition coefficient (Wildman–Crippen LogP) is 1.09. The van der Waals surface area contributed by atoms with Crippen LogP contribution in [0.1, 0.15) is 12.8 Å². The SMILES string of the molecule is O=C(COc1cccc(F)c1)NCC1(CO)CC1. The molecule has 1 fully saturated rings. The number of ether oxygens (including phenoxy) is 1. The Hall–Kier alpha value is -1.62. The molecule has 1 amide bonds. The Morgan fingerprint density at radius 3 is 2.89 bits per heavy atom. The molecule has 0 unspecified atom stereocenters. The van der Waals surface area contributed by atoms with Crippen molar-refractivity contribution < 1.29 is 19.0 Å². The third-order valence-corrected chi connectivity index (χ3v) is 3.12. The van der Waals surface area contributed by atoms with Gasteiger partial charge in [-0.1, -0.05) is 6.07 Å². The van der Waals surface area contributed by atoms with Gasteiger partial charge in [0.2, 0.25) is 0 Å². The molecule has 5 heteroatoms. The summed E-state index contributed by atoms with van der Waals surface area (Å²) in [5.41, 5.74) is -0.117. The molecule has 0 spiro atoms. The summed E-state index contributed by atoms with van der Waals surface area (Å²) in [5.74, 6) is -0.336. The molecular formula is C13H16FNO3. The van der Waals surface area contributed by atoms with Gasteiger partial charge >= 0.3 is 0 Å². The van der Waals surface area contributed by atoms with Crippen LogP contribution >= 0.6 is 0 Å². The summed E-state index contributed by atoms with van der Waals surface area (Å²) in [4.78, 5) is 11.5. The van der Waals surface area contributed by atoms with Crippen LogP contribution in [0.3, 0.4) is 0 Å². The van der Waals surface area contributed by atoms with Crippen molar-refractivity contribution in [2.45, 2.75) is 12.8 Å². The number of hydrogen-bond donors (Lipinski definition) is 2. The number of hydrogen-bond acceptors (Lipinski definition) is 3. The van der Waals surface area contributed by atoms with Crippen LogP contribution < -0.4 is 10.1 Å². The van der Waals surface area contributed by atoms with Crippen LogP contribution in [0.15, 0.2) is 24.3 Å². The second-order valence-corrected chi connectivity index (χ2v) is 4.68. The summed E-state index contributed by atoms with van der Waals surface area (Å²) < 4.78 is 18.0. The molecule has 0 atom stereocenters. The average Bonchev–Trinajstić information content (AvgIpc) is 3.15. The molecule has 0 radical (unpaired) electrons. The number of halogens is 1. The van der Waals surface area contributed by atoms with Crippen LogP contribution in [-0.2, 0) is 4.79 Å². The molecule has 1 saturated carbocycles. The van der Waals surface area contributed by atoms with Gasteiger partial charge in [0, 0.05) is 18.0 Å². The van der Waals surface area contributed by atoms with Gasteiger partial charge in [0.15, 0.2) is 6.61 Å². The lowest BCUT2D eigenvalue weighted by Crippen LogP contribution is -2.35. The lowest BCUT2D eigenvalue weighted by atomic mass is 10.1. The molecule has 18 heavy (non-hydrogen) atoms. The van der Waals surface area contributed by atoms with Crippen LogP contribution in [0.4, 0.5) is 4.39 Å². The highest BCUT2D eigenvalue weighted by molar-refractivity contribution is 5.77. The van der Waals surface area contributed by atoms with Crippen molar-refractivity contribution in [1.29, 1.82) is 0 Å². The van der Waals surface area contributed by atoms with Gasteiger partial charge in [0.1, 0.15) is 11.6 Å². The highest BCUT2D eigenvalue weighted by Crippen LogP contribution is 2.44. The highest BCUT2D eigenvalue weighted by atomic mass is 19.1. The molecule has 98 valence electrons. The van der Waals surface area contributed by atoms with E-state index in [0.29, 0.717) is 12.3 Å². The van der Waals surface area contributed by atoms with Crippen molar-refractivity contribution in [3.05, 3.63) is 30.1 Å². The van der Waals surface area contributed by atoms with Gasteiger partial charge in [-0.05, 0) is 25.0 Å². The standard InChI is InChI=1S/C13H16FNO3/c14-10-2-1-3-11(6-10)18-7-12(17)15-8-13(9-16)4-5-13/h1-3,6,16H,4-5,7-9H2,(H,15,17). The van der Waals surface area contributed by atoms with Crippen LogP contribution in [0.25, 0.3) is 0 Å². The largest absolute Gasteiger partial charge is 0.484 e. The number of nitrogens with one attached hydrogen (secondary N) is 1. The van der Waals surface area contributed by atoms with E-state index in [1.165, 1.54) is 18.2 Å². The number of benzene rings is 1. The first-order chi connectivity index (χ1) is 8.63. The maximum absolute atomic E-state index is 12.8. The van der Waals surface area contributed by atoms with Crippen molar-refractivity contribution >= 4 is 5.91 Å². The summed E-state index contributed by atoms with van der Waals surface area (Å²) in [7, 11) is 0.